The molecule has 0 heterocycles. The summed E-state index contributed by atoms with van der Waals surface area (Å²) >= 11 is 0. The fourth-order valence-electron chi connectivity index (χ4n) is 1.62. The highest BCUT2D eigenvalue weighted by atomic mass is 16.5. The number of hydrogen-bond acceptors (Lipinski definition) is 4. The normalized spacial score (nSPS) is 16.8. The van der Waals surface area contributed by atoms with Crippen LogP contribution in [-0.2, 0) is 9.53 Å². The number of carboxylic acid groups (broad SMARTS) is 1. The van der Waals surface area contributed by atoms with Crippen LogP contribution in [0, 0.1) is 0 Å². The van der Waals surface area contributed by atoms with Crippen LogP contribution in [0.1, 0.15) is 27.2 Å². The van der Waals surface area contributed by atoms with Crippen molar-refractivity contribution in [3.05, 3.63) is 0 Å². The third-order valence-electron chi connectivity index (χ3n) is 2.96. The molecule has 0 aliphatic rings. The van der Waals surface area contributed by atoms with Crippen molar-refractivity contribution in [1.29, 1.82) is 0 Å². The Hall–Kier alpha value is -0.650. The molecule has 0 aliphatic heterocycles. The quantitative estimate of drug-likeness (QED) is 0.630. The highest BCUT2D eigenvalue weighted by molar-refractivity contribution is 5.78. The fourth-order valence-corrected chi connectivity index (χ4v) is 1.62. The van der Waals surface area contributed by atoms with Crippen LogP contribution in [-0.4, -0.2) is 61.4 Å². The average molecular weight is 246 g/mol. The lowest BCUT2D eigenvalue weighted by Gasteiger charge is -2.34. The number of carboxylic acids is 1. The van der Waals surface area contributed by atoms with E-state index in [1.165, 1.54) is 0 Å². The van der Waals surface area contributed by atoms with Crippen molar-refractivity contribution in [3.63, 3.8) is 0 Å². The van der Waals surface area contributed by atoms with Gasteiger partial charge in [-0.25, -0.2) is 0 Å². The number of nitrogens with one attached hydrogen (secondary N) is 1. The summed E-state index contributed by atoms with van der Waals surface area (Å²) in [4.78, 5) is 13.3. The van der Waals surface area contributed by atoms with Crippen LogP contribution < -0.4 is 5.32 Å². The molecule has 0 bridgehead atoms. The molecule has 0 amide bonds. The first-order chi connectivity index (χ1) is 7.87. The first-order valence-corrected chi connectivity index (χ1v) is 6.05. The fraction of sp³-hybridized carbons (Fsp3) is 0.917. The van der Waals surface area contributed by atoms with Crippen LogP contribution in [0.5, 0.6) is 0 Å². The van der Waals surface area contributed by atoms with Crippen molar-refractivity contribution in [3.8, 4) is 0 Å². The second-order valence-electron chi connectivity index (χ2n) is 4.78. The Labute approximate surface area is 104 Å². The first kappa shape index (κ1) is 16.4. The summed E-state index contributed by atoms with van der Waals surface area (Å²) in [5.74, 6) is -0.817. The van der Waals surface area contributed by atoms with E-state index in [-0.39, 0.29) is 6.04 Å². The molecule has 0 aromatic rings. The van der Waals surface area contributed by atoms with E-state index in [0.717, 1.165) is 6.42 Å². The van der Waals surface area contributed by atoms with E-state index in [2.05, 4.69) is 5.32 Å². The molecule has 0 aromatic heterocycles. The molecule has 2 unspecified atom stereocenters. The molecule has 102 valence electrons. The van der Waals surface area contributed by atoms with Gasteiger partial charge >= 0.3 is 5.97 Å². The summed E-state index contributed by atoms with van der Waals surface area (Å²) in [5, 5.41) is 12.4. The predicted molar refractivity (Wildman–Crippen MR) is 68.3 cm³/mol. The smallest absolute Gasteiger partial charge is 0.324 e. The Balaban J connectivity index is 4.47. The number of rotatable bonds is 9. The van der Waals surface area contributed by atoms with E-state index >= 15 is 0 Å². The van der Waals surface area contributed by atoms with Crippen molar-refractivity contribution in [2.45, 2.75) is 38.8 Å². The van der Waals surface area contributed by atoms with Crippen molar-refractivity contribution in [2.24, 2.45) is 0 Å². The lowest BCUT2D eigenvalue weighted by Crippen LogP contribution is -2.58. The number of hydrogen-bond donors (Lipinski definition) is 2. The average Bonchev–Trinajstić information content (AvgIpc) is 2.26. The van der Waals surface area contributed by atoms with Gasteiger partial charge in [0.15, 0.2) is 0 Å². The monoisotopic (exact) mass is 246 g/mol. The molecule has 0 saturated heterocycles. The van der Waals surface area contributed by atoms with Crippen LogP contribution in [0.2, 0.25) is 0 Å². The van der Waals surface area contributed by atoms with E-state index in [0.29, 0.717) is 19.7 Å². The summed E-state index contributed by atoms with van der Waals surface area (Å²) in [6, 6.07) is 0.196. The summed E-state index contributed by atoms with van der Waals surface area (Å²) in [6.45, 7) is 7.52. The first-order valence-electron chi connectivity index (χ1n) is 6.05. The highest BCUT2D eigenvalue weighted by Crippen LogP contribution is 2.09. The molecule has 2 atom stereocenters. The van der Waals surface area contributed by atoms with Crippen molar-refractivity contribution < 1.29 is 14.6 Å². The Kier molecular flexibility index (Phi) is 7.34. The molecular weight excluding hydrogens is 220 g/mol. The summed E-state index contributed by atoms with van der Waals surface area (Å²) in [6.07, 6.45) is 0.917. The minimum Gasteiger partial charge on any atom is -0.480 e. The van der Waals surface area contributed by atoms with Crippen LogP contribution in [0.3, 0.4) is 0 Å². The largest absolute Gasteiger partial charge is 0.480 e. The molecule has 0 rings (SSSR count). The van der Waals surface area contributed by atoms with Crippen molar-refractivity contribution >= 4 is 5.97 Å². The summed E-state index contributed by atoms with van der Waals surface area (Å²) in [5.41, 5.74) is -0.910. The van der Waals surface area contributed by atoms with Gasteiger partial charge in [0.1, 0.15) is 5.54 Å². The maximum absolute atomic E-state index is 11.3. The van der Waals surface area contributed by atoms with Crippen LogP contribution in [0.15, 0.2) is 0 Å². The molecule has 0 aliphatic carbocycles. The second-order valence-corrected chi connectivity index (χ2v) is 4.78. The SMILES string of the molecule is CCCNC(C)(CN(C)C(C)COC)C(=O)O. The van der Waals surface area contributed by atoms with Gasteiger partial charge in [-0.05, 0) is 33.9 Å². The number of aliphatic carboxylic acids is 1. The number of nitrogens with zero attached hydrogens (tertiary/aromatic N) is 1. The number of ether oxygens (including phenoxy) is 1. The van der Waals surface area contributed by atoms with Gasteiger partial charge in [-0.2, -0.15) is 0 Å². The Morgan fingerprint density at radius 2 is 2.18 bits per heavy atom. The maximum Gasteiger partial charge on any atom is 0.324 e. The lowest BCUT2D eigenvalue weighted by atomic mass is 10.0. The maximum atomic E-state index is 11.3. The number of carbonyl (C=O) groups is 1. The van der Waals surface area contributed by atoms with Crippen molar-refractivity contribution in [2.75, 3.05) is 33.9 Å². The molecule has 0 aromatic carbocycles. The minimum atomic E-state index is -0.910. The Morgan fingerprint density at radius 1 is 1.59 bits per heavy atom. The molecule has 0 spiro atoms. The van der Waals surface area contributed by atoms with E-state index in [4.69, 9.17) is 4.74 Å². The Bertz CT molecular complexity index is 236. The minimum absolute atomic E-state index is 0.196. The topological polar surface area (TPSA) is 61.8 Å². The zero-order valence-electron chi connectivity index (χ0n) is 11.6. The predicted octanol–water partition coefficient (Wildman–Crippen LogP) is 0.796. The molecule has 17 heavy (non-hydrogen) atoms. The van der Waals surface area contributed by atoms with Crippen molar-refractivity contribution in [1.82, 2.24) is 10.2 Å². The van der Waals surface area contributed by atoms with E-state index in [1.807, 2.05) is 25.8 Å². The number of methoxy groups -OCH3 is 1. The molecule has 0 fully saturated rings. The molecular formula is C12H26N2O3. The number of likely N-dealkylation sites (N-methyl/N-ethyl adjacent to an activating group) is 1. The van der Waals surface area contributed by atoms with Gasteiger partial charge in [0.05, 0.1) is 6.61 Å². The summed E-state index contributed by atoms with van der Waals surface area (Å²) in [7, 11) is 3.56. The van der Waals surface area contributed by atoms with Crippen LogP contribution in [0.4, 0.5) is 0 Å². The van der Waals surface area contributed by atoms with Gasteiger partial charge < -0.3 is 15.2 Å². The zero-order valence-corrected chi connectivity index (χ0v) is 11.6. The third kappa shape index (κ3) is 5.48. The lowest BCUT2D eigenvalue weighted by molar-refractivity contribution is -0.145. The zero-order chi connectivity index (χ0) is 13.5. The van der Waals surface area contributed by atoms with E-state index in [1.54, 1.807) is 14.0 Å². The van der Waals surface area contributed by atoms with Gasteiger partial charge in [0, 0.05) is 19.7 Å². The molecule has 5 heteroatoms. The van der Waals surface area contributed by atoms with Crippen LogP contribution in [0.25, 0.3) is 0 Å². The van der Waals surface area contributed by atoms with Crippen LogP contribution >= 0.6 is 0 Å². The van der Waals surface area contributed by atoms with E-state index in [9.17, 15) is 9.90 Å². The third-order valence-corrected chi connectivity index (χ3v) is 2.96. The molecule has 2 N–H and O–H groups in total. The Morgan fingerprint density at radius 3 is 2.59 bits per heavy atom. The standard InChI is InChI=1S/C12H26N2O3/c1-6-7-13-12(3,11(15)16)9-14(4)10(2)8-17-5/h10,13H,6-9H2,1-5H3,(H,15,16). The molecule has 0 saturated carbocycles. The highest BCUT2D eigenvalue weighted by Gasteiger charge is 2.34. The van der Waals surface area contributed by atoms with E-state index < -0.39 is 11.5 Å². The molecule has 5 nitrogen and oxygen atoms in total. The van der Waals surface area contributed by atoms with Gasteiger partial charge in [-0.15, -0.1) is 0 Å². The second kappa shape index (κ2) is 7.63. The summed E-state index contributed by atoms with van der Waals surface area (Å²) < 4.78 is 5.07. The van der Waals surface area contributed by atoms with Gasteiger partial charge in [-0.3, -0.25) is 9.69 Å². The molecule has 0 radical (unpaired) electrons. The van der Waals surface area contributed by atoms with Gasteiger partial charge in [-0.1, -0.05) is 6.92 Å². The van der Waals surface area contributed by atoms with Gasteiger partial charge in [0.2, 0.25) is 0 Å². The van der Waals surface area contributed by atoms with Gasteiger partial charge in [0.25, 0.3) is 0 Å².